The number of nitrogens with one attached hydrogen (secondary N) is 1. The summed E-state index contributed by atoms with van der Waals surface area (Å²) in [6.45, 7) is 10.0. The lowest BCUT2D eigenvalue weighted by Gasteiger charge is -2.32. The van der Waals surface area contributed by atoms with Gasteiger partial charge >= 0.3 is 13.2 Å². The van der Waals surface area contributed by atoms with Crippen molar-refractivity contribution < 1.29 is 23.2 Å². The van der Waals surface area contributed by atoms with Crippen molar-refractivity contribution in [1.82, 2.24) is 10.3 Å². The molecule has 1 fully saturated rings. The van der Waals surface area contributed by atoms with Crippen molar-refractivity contribution in [2.45, 2.75) is 51.7 Å². The second kappa shape index (κ2) is 10.0. The zero-order chi connectivity index (χ0) is 27.1. The summed E-state index contributed by atoms with van der Waals surface area (Å²) in [5.74, 6) is -0.576. The fraction of sp³-hybridized carbons (Fsp3) is 0.333. The minimum Gasteiger partial charge on any atom is -0.449 e. The zero-order valence-electron chi connectivity index (χ0n) is 22.4. The van der Waals surface area contributed by atoms with Crippen molar-refractivity contribution in [2.75, 3.05) is 13.2 Å². The molecule has 2 aliphatic rings. The van der Waals surface area contributed by atoms with E-state index in [1.165, 1.54) is 23.4 Å². The van der Waals surface area contributed by atoms with Crippen molar-refractivity contribution in [1.29, 1.82) is 0 Å². The summed E-state index contributed by atoms with van der Waals surface area (Å²) in [5, 5.41) is 2.85. The Kier molecular flexibility index (Phi) is 6.88. The number of pyridine rings is 1. The molecule has 1 saturated heterocycles. The summed E-state index contributed by atoms with van der Waals surface area (Å²) >= 11 is 0. The Morgan fingerprint density at radius 3 is 2.21 bits per heavy atom. The van der Waals surface area contributed by atoms with Gasteiger partial charge in [0.1, 0.15) is 6.61 Å². The van der Waals surface area contributed by atoms with E-state index >= 15 is 0 Å². The molecule has 2 heterocycles. The fourth-order valence-electron chi connectivity index (χ4n) is 4.90. The molecule has 1 N–H and O–H groups in total. The normalized spacial score (nSPS) is 17.7. The first-order chi connectivity index (χ1) is 18.1. The molecule has 0 spiro atoms. The van der Waals surface area contributed by atoms with Crippen LogP contribution in [-0.4, -0.2) is 42.5 Å². The molecule has 0 radical (unpaired) electrons. The number of ether oxygens (including phenoxy) is 1. The number of nitrogens with zero attached hydrogens (tertiary/aromatic N) is 1. The van der Waals surface area contributed by atoms with E-state index in [1.54, 1.807) is 6.92 Å². The molecule has 1 aliphatic carbocycles. The molecule has 1 amide bonds. The van der Waals surface area contributed by atoms with Crippen LogP contribution in [0.25, 0.3) is 17.2 Å². The molecule has 196 valence electrons. The minimum absolute atomic E-state index is 0.0285. The molecule has 0 atom stereocenters. The summed E-state index contributed by atoms with van der Waals surface area (Å²) < 4.78 is 31.8. The van der Waals surface area contributed by atoms with Crippen molar-refractivity contribution in [3.05, 3.63) is 94.5 Å². The number of aromatic nitrogens is 1. The van der Waals surface area contributed by atoms with Gasteiger partial charge in [0, 0.05) is 18.7 Å². The smallest absolute Gasteiger partial charge is 0.449 e. The van der Waals surface area contributed by atoms with Gasteiger partial charge in [0.15, 0.2) is 0 Å². The fourth-order valence-corrected chi connectivity index (χ4v) is 4.90. The van der Waals surface area contributed by atoms with E-state index in [9.17, 15) is 9.18 Å². The van der Waals surface area contributed by atoms with Gasteiger partial charge in [-0.15, -0.1) is 0 Å². The Balaban J connectivity index is 1.31. The lowest BCUT2D eigenvalue weighted by Crippen LogP contribution is -2.41. The van der Waals surface area contributed by atoms with Gasteiger partial charge in [0.2, 0.25) is 5.95 Å². The van der Waals surface area contributed by atoms with E-state index < -0.39 is 30.4 Å². The number of carbonyl (C=O) groups excluding carboxylic acids is 1. The highest BCUT2D eigenvalue weighted by Crippen LogP contribution is 2.44. The third-order valence-corrected chi connectivity index (χ3v) is 7.80. The predicted octanol–water partition coefficient (Wildman–Crippen LogP) is 6.08. The van der Waals surface area contributed by atoms with Gasteiger partial charge in [-0.25, -0.2) is 9.78 Å². The number of aryl methyl sites for hydroxylation is 1. The standard InChI is InChI=1S/C30H32BFN2O4/c1-19-14-27(32)33-16-20(19)15-21(31-37-29(2,3)30(4,5)38-31)17-34-28(35)36-18-26-24-12-8-6-10-22(24)23-11-7-9-13-25(23)26/h6-16,26H,17-18H2,1-5H3,(H,34,35). The highest BCUT2D eigenvalue weighted by atomic mass is 19.1. The van der Waals surface area contributed by atoms with Crippen LogP contribution in [0.3, 0.4) is 0 Å². The molecule has 6 nitrogen and oxygen atoms in total. The molecule has 38 heavy (non-hydrogen) atoms. The number of amides is 1. The second-order valence-electron chi connectivity index (χ2n) is 10.9. The number of alkyl carbamates (subject to hydrolysis) is 1. The molecular weight excluding hydrogens is 482 g/mol. The monoisotopic (exact) mass is 514 g/mol. The molecule has 1 aromatic heterocycles. The molecule has 0 unspecified atom stereocenters. The summed E-state index contributed by atoms with van der Waals surface area (Å²) in [6.07, 6.45) is 2.75. The van der Waals surface area contributed by atoms with Gasteiger partial charge in [-0.2, -0.15) is 4.39 Å². The minimum atomic E-state index is -0.696. The van der Waals surface area contributed by atoms with E-state index in [0.717, 1.165) is 11.1 Å². The Morgan fingerprint density at radius 2 is 1.63 bits per heavy atom. The first-order valence-electron chi connectivity index (χ1n) is 12.8. The molecule has 0 saturated carbocycles. The van der Waals surface area contributed by atoms with Gasteiger partial charge < -0.3 is 19.4 Å². The van der Waals surface area contributed by atoms with Crippen molar-refractivity contribution in [2.24, 2.45) is 0 Å². The topological polar surface area (TPSA) is 69.7 Å². The molecule has 5 rings (SSSR count). The molecule has 0 bridgehead atoms. The van der Waals surface area contributed by atoms with E-state index in [4.69, 9.17) is 14.0 Å². The van der Waals surface area contributed by atoms with Crippen molar-refractivity contribution in [3.63, 3.8) is 0 Å². The van der Waals surface area contributed by atoms with Gasteiger partial charge in [0.25, 0.3) is 0 Å². The average Bonchev–Trinajstić information content (AvgIpc) is 3.30. The summed E-state index contributed by atoms with van der Waals surface area (Å²) in [5.41, 5.74) is 5.63. The number of hydrogen-bond acceptors (Lipinski definition) is 5. The Labute approximate surface area is 223 Å². The van der Waals surface area contributed by atoms with Crippen LogP contribution in [0, 0.1) is 12.9 Å². The molecule has 2 aromatic carbocycles. The van der Waals surface area contributed by atoms with E-state index in [2.05, 4.69) is 34.6 Å². The highest BCUT2D eigenvalue weighted by Gasteiger charge is 2.52. The van der Waals surface area contributed by atoms with Crippen LogP contribution < -0.4 is 5.32 Å². The van der Waals surface area contributed by atoms with E-state index in [1.807, 2.05) is 58.0 Å². The lowest BCUT2D eigenvalue weighted by molar-refractivity contribution is 0.00578. The van der Waals surface area contributed by atoms with Crippen LogP contribution in [0.4, 0.5) is 9.18 Å². The van der Waals surface area contributed by atoms with Crippen LogP contribution in [0.15, 0.2) is 66.3 Å². The summed E-state index contributed by atoms with van der Waals surface area (Å²) in [4.78, 5) is 16.6. The predicted molar refractivity (Wildman–Crippen MR) is 146 cm³/mol. The van der Waals surface area contributed by atoms with Gasteiger partial charge in [-0.1, -0.05) is 54.6 Å². The number of rotatable bonds is 6. The van der Waals surface area contributed by atoms with Crippen LogP contribution in [0.5, 0.6) is 0 Å². The van der Waals surface area contributed by atoms with Gasteiger partial charge in [-0.3, -0.25) is 0 Å². The summed E-state index contributed by atoms with van der Waals surface area (Å²) in [7, 11) is -0.696. The number of benzene rings is 2. The van der Waals surface area contributed by atoms with Gasteiger partial charge in [0.05, 0.1) is 11.2 Å². The zero-order valence-corrected chi connectivity index (χ0v) is 22.4. The maximum Gasteiger partial charge on any atom is 0.492 e. The lowest BCUT2D eigenvalue weighted by atomic mass is 9.77. The number of fused-ring (bicyclic) bond motifs is 3. The molecular formula is C30H32BFN2O4. The van der Waals surface area contributed by atoms with Crippen LogP contribution in [0.1, 0.15) is 55.9 Å². The second-order valence-corrected chi connectivity index (χ2v) is 10.9. The number of carbonyl (C=O) groups is 1. The first kappa shape index (κ1) is 26.1. The number of halogens is 1. The third kappa shape index (κ3) is 4.98. The van der Waals surface area contributed by atoms with Crippen LogP contribution in [-0.2, 0) is 14.0 Å². The maximum absolute atomic E-state index is 13.6. The maximum atomic E-state index is 13.6. The van der Waals surface area contributed by atoms with Gasteiger partial charge in [-0.05, 0) is 79.5 Å². The highest BCUT2D eigenvalue weighted by molar-refractivity contribution is 6.56. The van der Waals surface area contributed by atoms with E-state index in [-0.39, 0.29) is 19.1 Å². The average molecular weight is 514 g/mol. The first-order valence-corrected chi connectivity index (χ1v) is 12.8. The molecule has 8 heteroatoms. The Bertz CT molecular complexity index is 1340. The molecule has 1 aliphatic heterocycles. The molecule has 3 aromatic rings. The van der Waals surface area contributed by atoms with Crippen molar-refractivity contribution in [3.8, 4) is 11.1 Å². The van der Waals surface area contributed by atoms with Crippen LogP contribution >= 0.6 is 0 Å². The number of hydrogen-bond donors (Lipinski definition) is 1. The SMILES string of the molecule is Cc1cc(F)ncc1C=C(CNC(=O)OCC1c2ccccc2-c2ccccc21)B1OC(C)(C)C(C)(C)O1. The largest absolute Gasteiger partial charge is 0.492 e. The quantitative estimate of drug-likeness (QED) is 0.319. The van der Waals surface area contributed by atoms with Crippen LogP contribution in [0.2, 0.25) is 0 Å². The Hall–Kier alpha value is -3.49. The summed E-state index contributed by atoms with van der Waals surface area (Å²) in [6, 6.07) is 17.8. The third-order valence-electron chi connectivity index (χ3n) is 7.80. The van der Waals surface area contributed by atoms with Crippen molar-refractivity contribution >= 4 is 19.3 Å². The Morgan fingerprint density at radius 1 is 1.05 bits per heavy atom. The van der Waals surface area contributed by atoms with E-state index in [0.29, 0.717) is 16.6 Å².